The number of hydrogen-bond donors (Lipinski definition) is 2. The molecule has 9 heteroatoms. The third-order valence-corrected chi connectivity index (χ3v) is 4.24. The summed E-state index contributed by atoms with van der Waals surface area (Å²) in [4.78, 5) is 36.3. The molecule has 0 unspecified atom stereocenters. The molecule has 0 bridgehead atoms. The molecule has 0 aliphatic rings. The second-order valence-corrected chi connectivity index (χ2v) is 9.48. The fourth-order valence-electron chi connectivity index (χ4n) is 2.10. The maximum absolute atomic E-state index is 12.3. The Labute approximate surface area is 159 Å². The number of esters is 1. The van der Waals surface area contributed by atoms with E-state index in [2.05, 4.69) is 10.6 Å². The molecule has 0 aromatic heterocycles. The van der Waals surface area contributed by atoms with Gasteiger partial charge in [-0.1, -0.05) is 18.2 Å². The number of sulfone groups is 1. The number of carbonyl (C=O) groups is 3. The zero-order chi connectivity index (χ0) is 20.7. The van der Waals surface area contributed by atoms with Gasteiger partial charge in [0.25, 0.3) is 11.8 Å². The first kappa shape index (κ1) is 22.6. The Balaban J connectivity index is 2.76. The first-order valence-corrected chi connectivity index (χ1v) is 10.4. The molecular weight excluding hydrogens is 372 g/mol. The van der Waals surface area contributed by atoms with Crippen LogP contribution < -0.4 is 10.6 Å². The summed E-state index contributed by atoms with van der Waals surface area (Å²) in [6, 6.07) is 7.00. The SMILES string of the molecule is CC(C)(C)NC(=O)COC(=O)[C@@H](CCS(C)(=O)=O)NC(=O)c1ccccc1. The van der Waals surface area contributed by atoms with Crippen LogP contribution in [0.4, 0.5) is 0 Å². The third-order valence-electron chi connectivity index (χ3n) is 3.26. The Kier molecular flexibility index (Phi) is 7.96. The summed E-state index contributed by atoms with van der Waals surface area (Å²) in [5.74, 6) is -2.21. The van der Waals surface area contributed by atoms with Crippen molar-refractivity contribution in [3.8, 4) is 0 Å². The lowest BCUT2D eigenvalue weighted by atomic mass is 10.1. The molecule has 2 N–H and O–H groups in total. The average Bonchev–Trinajstić information content (AvgIpc) is 2.54. The number of nitrogens with one attached hydrogen (secondary N) is 2. The van der Waals surface area contributed by atoms with Gasteiger partial charge in [0.15, 0.2) is 6.61 Å². The lowest BCUT2D eigenvalue weighted by molar-refractivity contribution is -0.150. The van der Waals surface area contributed by atoms with E-state index in [0.29, 0.717) is 5.56 Å². The highest BCUT2D eigenvalue weighted by molar-refractivity contribution is 7.90. The standard InChI is InChI=1S/C18H26N2O6S/c1-18(2,3)20-15(21)12-26-17(23)14(10-11-27(4,24)25)19-16(22)13-8-6-5-7-9-13/h5-9,14H,10-12H2,1-4H3,(H,19,22)(H,20,21)/t14-/m1/s1. The zero-order valence-corrected chi connectivity index (χ0v) is 16.8. The summed E-state index contributed by atoms with van der Waals surface area (Å²) < 4.78 is 27.8. The first-order chi connectivity index (χ1) is 12.4. The number of rotatable bonds is 8. The molecule has 0 aliphatic heterocycles. The van der Waals surface area contributed by atoms with Crippen molar-refractivity contribution in [2.45, 2.75) is 38.8 Å². The van der Waals surface area contributed by atoms with E-state index < -0.39 is 45.8 Å². The lowest BCUT2D eigenvalue weighted by Crippen LogP contribution is -2.46. The fraction of sp³-hybridized carbons (Fsp3) is 0.500. The molecule has 1 atom stereocenters. The van der Waals surface area contributed by atoms with Crippen molar-refractivity contribution in [3.05, 3.63) is 35.9 Å². The molecule has 8 nitrogen and oxygen atoms in total. The van der Waals surface area contributed by atoms with Crippen molar-refractivity contribution in [3.63, 3.8) is 0 Å². The Hall–Kier alpha value is -2.42. The first-order valence-electron chi connectivity index (χ1n) is 8.39. The van der Waals surface area contributed by atoms with E-state index in [1.54, 1.807) is 51.1 Å². The van der Waals surface area contributed by atoms with Gasteiger partial charge in [-0.2, -0.15) is 0 Å². The van der Waals surface area contributed by atoms with Crippen LogP contribution in [-0.4, -0.2) is 56.4 Å². The predicted octanol–water partition coefficient (Wildman–Crippen LogP) is 0.678. The zero-order valence-electron chi connectivity index (χ0n) is 15.9. The molecule has 0 fully saturated rings. The van der Waals surface area contributed by atoms with Crippen LogP contribution in [0.3, 0.4) is 0 Å². The molecule has 1 aromatic carbocycles. The molecular formula is C18H26N2O6S. The predicted molar refractivity (Wildman–Crippen MR) is 101 cm³/mol. The van der Waals surface area contributed by atoms with E-state index in [-0.39, 0.29) is 12.2 Å². The number of hydrogen-bond acceptors (Lipinski definition) is 6. The van der Waals surface area contributed by atoms with Gasteiger partial charge < -0.3 is 15.4 Å². The Morgan fingerprint density at radius 2 is 1.70 bits per heavy atom. The minimum Gasteiger partial charge on any atom is -0.454 e. The van der Waals surface area contributed by atoms with Crippen LogP contribution in [0.15, 0.2) is 30.3 Å². The maximum atomic E-state index is 12.3. The largest absolute Gasteiger partial charge is 0.454 e. The summed E-state index contributed by atoms with van der Waals surface area (Å²) >= 11 is 0. The number of amides is 2. The molecule has 1 rings (SSSR count). The minimum atomic E-state index is -3.35. The lowest BCUT2D eigenvalue weighted by Gasteiger charge is -2.21. The van der Waals surface area contributed by atoms with Gasteiger partial charge in [0.2, 0.25) is 0 Å². The second-order valence-electron chi connectivity index (χ2n) is 7.22. The third kappa shape index (κ3) is 9.74. The molecule has 27 heavy (non-hydrogen) atoms. The topological polar surface area (TPSA) is 119 Å². The Morgan fingerprint density at radius 1 is 1.11 bits per heavy atom. The van der Waals surface area contributed by atoms with Crippen LogP contribution in [0.1, 0.15) is 37.6 Å². The molecule has 0 aliphatic carbocycles. The molecule has 1 aromatic rings. The van der Waals surface area contributed by atoms with Gasteiger partial charge in [-0.25, -0.2) is 13.2 Å². The van der Waals surface area contributed by atoms with Crippen LogP contribution in [-0.2, 0) is 24.2 Å². The second kappa shape index (κ2) is 9.50. The van der Waals surface area contributed by atoms with Gasteiger partial charge in [-0.05, 0) is 39.3 Å². The monoisotopic (exact) mass is 398 g/mol. The van der Waals surface area contributed by atoms with Crippen LogP contribution in [0.2, 0.25) is 0 Å². The fourth-order valence-corrected chi connectivity index (χ4v) is 2.77. The minimum absolute atomic E-state index is 0.156. The van der Waals surface area contributed by atoms with Crippen molar-refractivity contribution in [1.29, 1.82) is 0 Å². The van der Waals surface area contributed by atoms with Crippen molar-refractivity contribution >= 4 is 27.6 Å². The average molecular weight is 398 g/mol. The van der Waals surface area contributed by atoms with E-state index >= 15 is 0 Å². The van der Waals surface area contributed by atoms with Gasteiger partial charge in [0.05, 0.1) is 5.75 Å². The Bertz CT molecular complexity index is 769. The van der Waals surface area contributed by atoms with Crippen LogP contribution in [0.5, 0.6) is 0 Å². The molecule has 0 spiro atoms. The smallest absolute Gasteiger partial charge is 0.329 e. The van der Waals surface area contributed by atoms with Gasteiger partial charge in [0.1, 0.15) is 15.9 Å². The molecule has 0 heterocycles. The van der Waals surface area contributed by atoms with Crippen molar-refractivity contribution in [2.75, 3.05) is 18.6 Å². The summed E-state index contributed by atoms with van der Waals surface area (Å²) in [6.07, 6.45) is 0.877. The molecule has 0 saturated heterocycles. The van der Waals surface area contributed by atoms with Crippen molar-refractivity contribution < 1.29 is 27.5 Å². The molecule has 0 radical (unpaired) electrons. The maximum Gasteiger partial charge on any atom is 0.329 e. The van der Waals surface area contributed by atoms with Gasteiger partial charge in [-0.3, -0.25) is 9.59 Å². The van der Waals surface area contributed by atoms with E-state index in [9.17, 15) is 22.8 Å². The summed E-state index contributed by atoms with van der Waals surface area (Å²) in [7, 11) is -3.35. The molecule has 0 saturated carbocycles. The van der Waals surface area contributed by atoms with E-state index in [1.165, 1.54) is 0 Å². The van der Waals surface area contributed by atoms with Crippen LogP contribution in [0, 0.1) is 0 Å². The highest BCUT2D eigenvalue weighted by atomic mass is 32.2. The highest BCUT2D eigenvalue weighted by Crippen LogP contribution is 2.04. The number of benzene rings is 1. The van der Waals surface area contributed by atoms with Crippen molar-refractivity contribution in [2.24, 2.45) is 0 Å². The van der Waals surface area contributed by atoms with Gasteiger partial charge in [-0.15, -0.1) is 0 Å². The van der Waals surface area contributed by atoms with E-state index in [0.717, 1.165) is 6.26 Å². The highest BCUT2D eigenvalue weighted by Gasteiger charge is 2.25. The van der Waals surface area contributed by atoms with Gasteiger partial charge in [0, 0.05) is 17.4 Å². The normalized spacial score (nSPS) is 12.7. The van der Waals surface area contributed by atoms with Crippen LogP contribution >= 0.6 is 0 Å². The number of carbonyl (C=O) groups excluding carboxylic acids is 3. The summed E-state index contributed by atoms with van der Waals surface area (Å²) in [6.45, 7) is 4.82. The quantitative estimate of drug-likeness (QED) is 0.622. The molecule has 150 valence electrons. The Morgan fingerprint density at radius 3 is 2.22 bits per heavy atom. The van der Waals surface area contributed by atoms with Crippen molar-refractivity contribution in [1.82, 2.24) is 10.6 Å². The number of ether oxygens (including phenoxy) is 1. The van der Waals surface area contributed by atoms with Crippen LogP contribution in [0.25, 0.3) is 0 Å². The van der Waals surface area contributed by atoms with Gasteiger partial charge >= 0.3 is 5.97 Å². The van der Waals surface area contributed by atoms with E-state index in [1.807, 2.05) is 0 Å². The summed E-state index contributed by atoms with van der Waals surface area (Å²) in [5.41, 5.74) is -0.166. The molecule has 2 amide bonds. The summed E-state index contributed by atoms with van der Waals surface area (Å²) in [5, 5.41) is 5.10. The van der Waals surface area contributed by atoms with E-state index in [4.69, 9.17) is 4.74 Å².